The van der Waals surface area contributed by atoms with Crippen LogP contribution in [0.2, 0.25) is 0 Å². The topological polar surface area (TPSA) is 6.48 Å². The molecule has 0 amide bonds. The molecule has 0 unspecified atom stereocenters. The predicted molar refractivity (Wildman–Crippen MR) is 252 cm³/mol. The number of fused-ring (bicyclic) bond motifs is 5. The maximum atomic E-state index is 2.45. The van der Waals surface area contributed by atoms with Crippen molar-refractivity contribution in [1.82, 2.24) is 0 Å². The Balaban J connectivity index is 1.09. The van der Waals surface area contributed by atoms with Crippen LogP contribution in [0.25, 0.3) is 32.7 Å². The van der Waals surface area contributed by atoms with Gasteiger partial charge in [-0.2, -0.15) is 0 Å². The summed E-state index contributed by atoms with van der Waals surface area (Å²) in [7, 11) is 0. The second kappa shape index (κ2) is 14.2. The Bertz CT molecular complexity index is 2980. The fourth-order valence-corrected chi connectivity index (χ4v) is 9.39. The lowest BCUT2D eigenvalue weighted by Gasteiger charge is -2.31. The van der Waals surface area contributed by atoms with E-state index >= 15 is 0 Å². The number of para-hydroxylation sites is 1. The van der Waals surface area contributed by atoms with Crippen LogP contribution in [0, 0.1) is 6.92 Å². The number of hydrogen-bond donors (Lipinski definition) is 0. The van der Waals surface area contributed by atoms with Crippen LogP contribution in [-0.2, 0) is 10.8 Å². The summed E-state index contributed by atoms with van der Waals surface area (Å²) in [6.07, 6.45) is 0. The summed E-state index contributed by atoms with van der Waals surface area (Å²) in [6.45, 7) is 11.6. The molecule has 9 aromatic rings. The van der Waals surface area contributed by atoms with Crippen molar-refractivity contribution in [3.63, 3.8) is 0 Å². The zero-order chi connectivity index (χ0) is 40.3. The first kappa shape index (κ1) is 36.4. The number of hydrogen-bond acceptors (Lipinski definition) is 2. The number of anilines is 6. The van der Waals surface area contributed by atoms with Crippen LogP contribution in [0.3, 0.4) is 0 Å². The minimum Gasteiger partial charge on any atom is -0.310 e. The average molecular weight is 761 g/mol. The van der Waals surface area contributed by atoms with E-state index in [4.69, 9.17) is 0 Å². The number of nitrogens with zero attached hydrogens (tertiary/aromatic N) is 2. The maximum absolute atomic E-state index is 2.45. The van der Waals surface area contributed by atoms with Gasteiger partial charge in [-0.25, -0.2) is 0 Å². The highest BCUT2D eigenvalue weighted by molar-refractivity contribution is 6.01. The standard InChI is InChI=1S/C57H48N2/c1-39-25-27-42(28-26-39)56(2,3)43-29-31-45(32-30-43)59(55-24-14-18-41-16-10-12-22-49(41)55)47-34-36-51-50-35-33-46(37-52(50)57(4,5)53(51)38-47)58(44-19-7-6-8-20-44)54-23-13-17-40-15-9-11-21-48(40)54/h6-38H,1-5H3. The third-order valence-corrected chi connectivity index (χ3v) is 12.8. The molecule has 0 aromatic heterocycles. The van der Waals surface area contributed by atoms with Crippen LogP contribution in [-0.4, -0.2) is 0 Å². The van der Waals surface area contributed by atoms with Crippen LogP contribution in [0.1, 0.15) is 55.5 Å². The summed E-state index contributed by atoms with van der Waals surface area (Å²) < 4.78 is 0. The molecule has 0 fully saturated rings. The fourth-order valence-electron chi connectivity index (χ4n) is 9.39. The molecular formula is C57H48N2. The van der Waals surface area contributed by atoms with Gasteiger partial charge < -0.3 is 9.80 Å². The van der Waals surface area contributed by atoms with Crippen LogP contribution in [0.15, 0.2) is 200 Å². The van der Waals surface area contributed by atoms with Crippen molar-refractivity contribution in [2.24, 2.45) is 0 Å². The first-order chi connectivity index (χ1) is 28.7. The summed E-state index contributed by atoms with van der Waals surface area (Å²) in [5.41, 5.74) is 15.7. The van der Waals surface area contributed by atoms with Crippen molar-refractivity contribution in [3.8, 4) is 11.1 Å². The summed E-state index contributed by atoms with van der Waals surface area (Å²) >= 11 is 0. The molecule has 0 bridgehead atoms. The van der Waals surface area contributed by atoms with E-state index in [0.717, 1.165) is 28.4 Å². The van der Waals surface area contributed by atoms with Gasteiger partial charge in [0, 0.05) is 44.4 Å². The van der Waals surface area contributed by atoms with Crippen molar-refractivity contribution in [2.75, 3.05) is 9.80 Å². The second-order valence-corrected chi connectivity index (χ2v) is 17.1. The van der Waals surface area contributed by atoms with Crippen molar-refractivity contribution in [2.45, 2.75) is 45.4 Å². The van der Waals surface area contributed by atoms with Gasteiger partial charge in [0.2, 0.25) is 0 Å². The van der Waals surface area contributed by atoms with Gasteiger partial charge in [-0.3, -0.25) is 0 Å². The zero-order valence-electron chi connectivity index (χ0n) is 34.4. The quantitative estimate of drug-likeness (QED) is 0.152. The molecule has 2 nitrogen and oxygen atoms in total. The smallest absolute Gasteiger partial charge is 0.0540 e. The largest absolute Gasteiger partial charge is 0.310 e. The first-order valence-corrected chi connectivity index (χ1v) is 20.8. The van der Waals surface area contributed by atoms with Crippen LogP contribution < -0.4 is 9.80 Å². The van der Waals surface area contributed by atoms with Crippen molar-refractivity contribution in [3.05, 3.63) is 228 Å². The molecule has 0 spiro atoms. The monoisotopic (exact) mass is 760 g/mol. The lowest BCUT2D eigenvalue weighted by atomic mass is 9.78. The van der Waals surface area contributed by atoms with Gasteiger partial charge in [0.25, 0.3) is 0 Å². The second-order valence-electron chi connectivity index (χ2n) is 17.1. The third kappa shape index (κ3) is 6.19. The molecule has 0 saturated carbocycles. The molecule has 286 valence electrons. The van der Waals surface area contributed by atoms with Gasteiger partial charge in [-0.05, 0) is 112 Å². The average Bonchev–Trinajstić information content (AvgIpc) is 3.49. The van der Waals surface area contributed by atoms with Crippen molar-refractivity contribution in [1.29, 1.82) is 0 Å². The van der Waals surface area contributed by atoms with Crippen LogP contribution in [0.4, 0.5) is 34.1 Å². The molecule has 0 radical (unpaired) electrons. The van der Waals surface area contributed by atoms with Gasteiger partial charge in [-0.1, -0.05) is 173 Å². The summed E-state index contributed by atoms with van der Waals surface area (Å²) in [5.74, 6) is 0. The molecule has 59 heavy (non-hydrogen) atoms. The zero-order valence-corrected chi connectivity index (χ0v) is 34.4. The third-order valence-electron chi connectivity index (χ3n) is 12.8. The Labute approximate surface area is 348 Å². The van der Waals surface area contributed by atoms with E-state index in [9.17, 15) is 0 Å². The number of benzene rings is 9. The summed E-state index contributed by atoms with van der Waals surface area (Å²) in [4.78, 5) is 4.87. The highest BCUT2D eigenvalue weighted by Gasteiger charge is 2.37. The number of rotatable bonds is 8. The maximum Gasteiger partial charge on any atom is 0.0540 e. The predicted octanol–water partition coefficient (Wildman–Crippen LogP) is 15.9. The van der Waals surface area contributed by atoms with E-state index in [1.807, 2.05) is 0 Å². The van der Waals surface area contributed by atoms with E-state index in [0.29, 0.717) is 0 Å². The van der Waals surface area contributed by atoms with E-state index in [1.165, 1.54) is 66.2 Å². The van der Waals surface area contributed by atoms with E-state index in [2.05, 4.69) is 245 Å². The molecule has 0 N–H and O–H groups in total. The Kier molecular flexibility index (Phi) is 8.76. The highest BCUT2D eigenvalue weighted by atomic mass is 15.1. The Hall–Kier alpha value is -6.90. The van der Waals surface area contributed by atoms with Gasteiger partial charge in [0.15, 0.2) is 0 Å². The molecule has 0 aliphatic heterocycles. The molecule has 9 aromatic carbocycles. The number of aryl methyl sites for hydroxylation is 1. The minimum absolute atomic E-state index is 0.136. The highest BCUT2D eigenvalue weighted by Crippen LogP contribution is 2.53. The van der Waals surface area contributed by atoms with E-state index < -0.39 is 0 Å². The van der Waals surface area contributed by atoms with Gasteiger partial charge in [-0.15, -0.1) is 0 Å². The van der Waals surface area contributed by atoms with Crippen LogP contribution in [0.5, 0.6) is 0 Å². The lowest BCUT2D eigenvalue weighted by Crippen LogP contribution is -2.19. The molecule has 1 aliphatic carbocycles. The van der Waals surface area contributed by atoms with Gasteiger partial charge >= 0.3 is 0 Å². The van der Waals surface area contributed by atoms with E-state index in [-0.39, 0.29) is 10.8 Å². The molecule has 1 aliphatic rings. The van der Waals surface area contributed by atoms with Crippen molar-refractivity contribution < 1.29 is 0 Å². The van der Waals surface area contributed by atoms with Crippen LogP contribution >= 0.6 is 0 Å². The first-order valence-electron chi connectivity index (χ1n) is 20.8. The normalized spacial score (nSPS) is 13.0. The Morgan fingerprint density at radius 3 is 1.31 bits per heavy atom. The van der Waals surface area contributed by atoms with Gasteiger partial charge in [0.1, 0.15) is 0 Å². The SMILES string of the molecule is Cc1ccc(C(C)(C)c2ccc(N(c3ccc4c(c3)C(C)(C)c3cc(N(c5ccccc5)c5cccc6ccccc56)ccc3-4)c3cccc4ccccc34)cc2)cc1. The molecule has 2 heteroatoms. The Morgan fingerprint density at radius 2 is 0.797 bits per heavy atom. The molecular weight excluding hydrogens is 713 g/mol. The lowest BCUT2D eigenvalue weighted by molar-refractivity contribution is 0.640. The van der Waals surface area contributed by atoms with E-state index in [1.54, 1.807) is 0 Å². The minimum atomic E-state index is -0.246. The van der Waals surface area contributed by atoms with Crippen molar-refractivity contribution >= 4 is 55.7 Å². The molecule has 0 heterocycles. The Morgan fingerprint density at radius 1 is 0.390 bits per heavy atom. The molecule has 10 rings (SSSR count). The fraction of sp³-hybridized carbons (Fsp3) is 0.123. The van der Waals surface area contributed by atoms with Gasteiger partial charge in [0.05, 0.1) is 11.4 Å². The summed E-state index contributed by atoms with van der Waals surface area (Å²) in [5, 5.41) is 4.91. The summed E-state index contributed by atoms with van der Waals surface area (Å²) in [6, 6.07) is 73.8. The molecule has 0 atom stereocenters. The molecule has 0 saturated heterocycles.